The van der Waals surface area contributed by atoms with Gasteiger partial charge in [-0.3, -0.25) is 0 Å². The molecule has 2 aromatic heterocycles. The van der Waals surface area contributed by atoms with Crippen molar-refractivity contribution in [3.8, 4) is 67.9 Å². The van der Waals surface area contributed by atoms with E-state index in [2.05, 4.69) is 60.7 Å². The Labute approximate surface area is 260 Å². The van der Waals surface area contributed by atoms with E-state index in [4.69, 9.17) is 24.4 Å². The number of rotatable bonds is 6. The normalized spacial score (nSPS) is 11.1. The molecule has 0 aliphatic rings. The summed E-state index contributed by atoms with van der Waals surface area (Å²) in [6.07, 6.45) is 0. The lowest BCUT2D eigenvalue weighted by molar-refractivity contribution is 0.620. The Morgan fingerprint density at radius 2 is 0.800 bits per heavy atom. The van der Waals surface area contributed by atoms with Gasteiger partial charge in [0.2, 0.25) is 5.89 Å². The maximum Gasteiger partial charge on any atom is 0.227 e. The summed E-state index contributed by atoms with van der Waals surface area (Å²) in [5.41, 5.74) is 9.54. The van der Waals surface area contributed by atoms with Crippen molar-refractivity contribution in [2.24, 2.45) is 0 Å². The van der Waals surface area contributed by atoms with E-state index in [-0.39, 0.29) is 0 Å². The minimum atomic E-state index is 0.601. The van der Waals surface area contributed by atoms with Crippen molar-refractivity contribution >= 4 is 11.1 Å². The smallest absolute Gasteiger partial charge is 0.227 e. The Balaban J connectivity index is 1.24. The molecule has 0 spiro atoms. The molecule has 0 saturated heterocycles. The van der Waals surface area contributed by atoms with Crippen molar-refractivity contribution in [2.75, 3.05) is 0 Å². The van der Waals surface area contributed by atoms with Crippen molar-refractivity contribution < 1.29 is 4.42 Å². The van der Waals surface area contributed by atoms with Crippen molar-refractivity contribution in [3.63, 3.8) is 0 Å². The molecule has 0 aliphatic heterocycles. The first-order valence-electron chi connectivity index (χ1n) is 14.8. The number of hydrogen-bond donors (Lipinski definition) is 0. The first-order chi connectivity index (χ1) is 22.3. The Morgan fingerprint density at radius 3 is 1.47 bits per heavy atom. The van der Waals surface area contributed by atoms with E-state index in [1.807, 2.05) is 97.1 Å². The third-order valence-electron chi connectivity index (χ3n) is 7.80. The molecule has 0 atom stereocenters. The average molecular weight is 579 g/mol. The van der Waals surface area contributed by atoms with Crippen LogP contribution in [0.15, 0.2) is 162 Å². The highest BCUT2D eigenvalue weighted by molar-refractivity contribution is 5.88. The molecule has 2 heterocycles. The van der Waals surface area contributed by atoms with E-state index < -0.39 is 0 Å². The van der Waals surface area contributed by atoms with Gasteiger partial charge in [-0.2, -0.15) is 0 Å². The quantitative estimate of drug-likeness (QED) is 0.196. The van der Waals surface area contributed by atoms with E-state index in [0.29, 0.717) is 23.4 Å². The topological polar surface area (TPSA) is 64.7 Å². The third-order valence-corrected chi connectivity index (χ3v) is 7.80. The van der Waals surface area contributed by atoms with Gasteiger partial charge in [0.15, 0.2) is 23.1 Å². The monoisotopic (exact) mass is 578 g/mol. The molecule has 0 N–H and O–H groups in total. The van der Waals surface area contributed by atoms with Crippen LogP contribution >= 0.6 is 0 Å². The average Bonchev–Trinajstić information content (AvgIpc) is 3.56. The molecule has 0 bridgehead atoms. The second-order valence-corrected chi connectivity index (χ2v) is 10.7. The van der Waals surface area contributed by atoms with Gasteiger partial charge in [-0.25, -0.2) is 19.9 Å². The van der Waals surface area contributed by atoms with Crippen LogP contribution in [0.3, 0.4) is 0 Å². The van der Waals surface area contributed by atoms with E-state index in [9.17, 15) is 0 Å². The standard InChI is InChI=1S/C40H26N4O/c1-4-12-27(13-5-1)28-20-22-30(23-21-28)38-42-37(29-14-6-2-7-15-29)43-39(44-38)34-19-11-10-18-33(34)32-24-25-36-35(26-32)41-40(45-36)31-16-8-3-9-17-31/h1-26H. The molecular weight excluding hydrogens is 552 g/mol. The molecule has 212 valence electrons. The SMILES string of the molecule is c1ccc(-c2ccc(-c3nc(-c4ccccc4)nc(-c4ccccc4-c4ccc5oc(-c6ccccc6)nc5c4)n3)cc2)cc1. The molecule has 5 heteroatoms. The van der Waals surface area contributed by atoms with Gasteiger partial charge in [0, 0.05) is 22.3 Å². The fraction of sp³-hybridized carbons (Fsp3) is 0. The number of fused-ring (bicyclic) bond motifs is 1. The number of benzene rings is 6. The largest absolute Gasteiger partial charge is 0.436 e. The van der Waals surface area contributed by atoms with Crippen LogP contribution in [0.4, 0.5) is 0 Å². The van der Waals surface area contributed by atoms with Gasteiger partial charge in [0.1, 0.15) is 5.52 Å². The molecule has 45 heavy (non-hydrogen) atoms. The van der Waals surface area contributed by atoms with Gasteiger partial charge in [-0.1, -0.05) is 133 Å². The van der Waals surface area contributed by atoms with E-state index in [0.717, 1.165) is 50.0 Å². The van der Waals surface area contributed by atoms with E-state index >= 15 is 0 Å². The second-order valence-electron chi connectivity index (χ2n) is 10.7. The van der Waals surface area contributed by atoms with Crippen LogP contribution in [-0.2, 0) is 0 Å². The lowest BCUT2D eigenvalue weighted by atomic mass is 9.98. The van der Waals surface area contributed by atoms with Crippen LogP contribution < -0.4 is 0 Å². The number of nitrogens with zero attached hydrogens (tertiary/aromatic N) is 4. The summed E-state index contributed by atoms with van der Waals surface area (Å²) in [7, 11) is 0. The zero-order valence-corrected chi connectivity index (χ0v) is 24.2. The summed E-state index contributed by atoms with van der Waals surface area (Å²) >= 11 is 0. The number of oxazole rings is 1. The van der Waals surface area contributed by atoms with Gasteiger partial charge in [-0.05, 0) is 46.5 Å². The highest BCUT2D eigenvalue weighted by atomic mass is 16.3. The summed E-state index contributed by atoms with van der Waals surface area (Å²) in [6, 6.07) is 53.0. The molecule has 6 aromatic carbocycles. The molecule has 5 nitrogen and oxygen atoms in total. The summed E-state index contributed by atoms with van der Waals surface area (Å²) in [4.78, 5) is 19.8. The molecule has 0 aliphatic carbocycles. The predicted octanol–water partition coefficient (Wildman–Crippen LogP) is 10.0. The minimum Gasteiger partial charge on any atom is -0.436 e. The van der Waals surface area contributed by atoms with Gasteiger partial charge in [0.25, 0.3) is 0 Å². The molecule has 8 aromatic rings. The fourth-order valence-electron chi connectivity index (χ4n) is 5.51. The Morgan fingerprint density at radius 1 is 0.333 bits per heavy atom. The molecule has 8 rings (SSSR count). The third kappa shape index (κ3) is 5.28. The van der Waals surface area contributed by atoms with E-state index in [1.54, 1.807) is 0 Å². The van der Waals surface area contributed by atoms with Crippen LogP contribution in [0.1, 0.15) is 0 Å². The lowest BCUT2D eigenvalue weighted by Gasteiger charge is -2.12. The summed E-state index contributed by atoms with van der Waals surface area (Å²) in [5.74, 6) is 2.44. The van der Waals surface area contributed by atoms with Crippen LogP contribution in [-0.4, -0.2) is 19.9 Å². The first-order valence-corrected chi connectivity index (χ1v) is 14.8. The molecule has 0 fully saturated rings. The fourth-order valence-corrected chi connectivity index (χ4v) is 5.51. The van der Waals surface area contributed by atoms with Crippen LogP contribution in [0.2, 0.25) is 0 Å². The van der Waals surface area contributed by atoms with Crippen molar-refractivity contribution in [1.29, 1.82) is 0 Å². The highest BCUT2D eigenvalue weighted by Crippen LogP contribution is 2.35. The molecule has 0 saturated carbocycles. The maximum absolute atomic E-state index is 6.08. The number of aromatic nitrogens is 4. The van der Waals surface area contributed by atoms with Crippen molar-refractivity contribution in [2.45, 2.75) is 0 Å². The lowest BCUT2D eigenvalue weighted by Crippen LogP contribution is -2.01. The summed E-state index contributed by atoms with van der Waals surface area (Å²) in [6.45, 7) is 0. The summed E-state index contributed by atoms with van der Waals surface area (Å²) in [5, 5.41) is 0. The van der Waals surface area contributed by atoms with Gasteiger partial charge in [-0.15, -0.1) is 0 Å². The van der Waals surface area contributed by atoms with Gasteiger partial charge < -0.3 is 4.42 Å². The van der Waals surface area contributed by atoms with Gasteiger partial charge >= 0.3 is 0 Å². The van der Waals surface area contributed by atoms with Crippen LogP contribution in [0.5, 0.6) is 0 Å². The molecule has 0 radical (unpaired) electrons. The van der Waals surface area contributed by atoms with E-state index in [1.165, 1.54) is 5.56 Å². The number of hydrogen-bond acceptors (Lipinski definition) is 5. The molecular formula is C40H26N4O. The maximum atomic E-state index is 6.08. The zero-order chi connectivity index (χ0) is 30.0. The van der Waals surface area contributed by atoms with Crippen molar-refractivity contribution in [3.05, 3.63) is 158 Å². The van der Waals surface area contributed by atoms with Crippen molar-refractivity contribution in [1.82, 2.24) is 19.9 Å². The van der Waals surface area contributed by atoms with Gasteiger partial charge in [0.05, 0.1) is 0 Å². The zero-order valence-electron chi connectivity index (χ0n) is 24.2. The molecule has 0 amide bonds. The minimum absolute atomic E-state index is 0.601. The summed E-state index contributed by atoms with van der Waals surface area (Å²) < 4.78 is 6.08. The predicted molar refractivity (Wildman–Crippen MR) is 180 cm³/mol. The first kappa shape index (κ1) is 26.4. The highest BCUT2D eigenvalue weighted by Gasteiger charge is 2.17. The Kier molecular flexibility index (Phi) is 6.74. The molecule has 0 unspecified atom stereocenters. The van der Waals surface area contributed by atoms with Crippen LogP contribution in [0.25, 0.3) is 79.0 Å². The second kappa shape index (κ2) is 11.5. The Hall–Kier alpha value is -6.20. The van der Waals surface area contributed by atoms with Crippen LogP contribution in [0, 0.1) is 0 Å². The Bertz CT molecular complexity index is 2250.